The highest BCUT2D eigenvalue weighted by Crippen LogP contribution is 2.30. The van der Waals surface area contributed by atoms with Gasteiger partial charge in [-0.25, -0.2) is 4.79 Å². The number of carbonyl (C=O) groups excluding carboxylic acids is 1. The van der Waals surface area contributed by atoms with Crippen LogP contribution in [0.1, 0.15) is 33.6 Å². The van der Waals surface area contributed by atoms with E-state index in [2.05, 4.69) is 0 Å². The third-order valence-corrected chi connectivity index (χ3v) is 2.32. The van der Waals surface area contributed by atoms with E-state index >= 15 is 0 Å². The number of carboxylic acid groups (broad SMARTS) is 1. The molecule has 0 aliphatic heterocycles. The zero-order valence-corrected chi connectivity index (χ0v) is 8.47. The monoisotopic (exact) mass is 221 g/mol. The number of carbonyl (C=O) groups is 2. The Bertz CT molecular complexity index is 451. The summed E-state index contributed by atoms with van der Waals surface area (Å²) in [6, 6.07) is 4.48. The van der Waals surface area contributed by atoms with Gasteiger partial charge in [-0.2, -0.15) is 0 Å². The second-order valence-corrected chi connectivity index (χ2v) is 3.67. The molecule has 84 valence electrons. The van der Waals surface area contributed by atoms with Crippen LogP contribution in [-0.2, 0) is 0 Å². The molecule has 0 atom stereocenters. The number of benzene rings is 1. The van der Waals surface area contributed by atoms with E-state index in [9.17, 15) is 9.59 Å². The molecular formula is C11H11NO4. The predicted octanol–water partition coefficient (Wildman–Crippen LogP) is 1.02. The largest absolute Gasteiger partial charge is 0.489 e. The maximum absolute atomic E-state index is 11.1. The first-order valence-corrected chi connectivity index (χ1v) is 4.92. The molecule has 0 spiro atoms. The number of ether oxygens (including phenoxy) is 1. The second-order valence-electron chi connectivity index (χ2n) is 3.67. The summed E-state index contributed by atoms with van der Waals surface area (Å²) in [5, 5.41) is 9.04. The Balaban J connectivity index is 2.45. The van der Waals surface area contributed by atoms with E-state index in [1.165, 1.54) is 12.1 Å². The summed E-state index contributed by atoms with van der Waals surface area (Å²) in [6.45, 7) is 0. The van der Waals surface area contributed by atoms with E-state index in [-0.39, 0.29) is 23.0 Å². The fraction of sp³-hybridized carbons (Fsp3) is 0.273. The van der Waals surface area contributed by atoms with Crippen LogP contribution < -0.4 is 10.5 Å². The number of hydrogen-bond acceptors (Lipinski definition) is 3. The molecule has 1 fully saturated rings. The van der Waals surface area contributed by atoms with Gasteiger partial charge in [0.25, 0.3) is 0 Å². The van der Waals surface area contributed by atoms with E-state index in [1.807, 2.05) is 0 Å². The van der Waals surface area contributed by atoms with Crippen molar-refractivity contribution in [1.29, 1.82) is 0 Å². The molecule has 16 heavy (non-hydrogen) atoms. The van der Waals surface area contributed by atoms with Crippen molar-refractivity contribution in [1.82, 2.24) is 0 Å². The van der Waals surface area contributed by atoms with Crippen LogP contribution in [0, 0.1) is 0 Å². The van der Waals surface area contributed by atoms with Crippen molar-refractivity contribution in [2.24, 2.45) is 5.73 Å². The standard InChI is InChI=1S/C11H11NO4/c12-10(13)7-2-1-3-8(9(7)11(14)15)16-6-4-5-6/h1-3,6H,4-5H2,(H2,12,13)(H,14,15). The van der Waals surface area contributed by atoms with Crippen molar-refractivity contribution in [3.8, 4) is 5.75 Å². The first kappa shape index (κ1) is 10.5. The Labute approximate surface area is 91.8 Å². The number of carboxylic acids is 1. The van der Waals surface area contributed by atoms with E-state index < -0.39 is 11.9 Å². The maximum Gasteiger partial charge on any atom is 0.340 e. The Hall–Kier alpha value is -2.04. The zero-order chi connectivity index (χ0) is 11.7. The van der Waals surface area contributed by atoms with Gasteiger partial charge in [-0.3, -0.25) is 4.79 Å². The van der Waals surface area contributed by atoms with Crippen molar-refractivity contribution in [2.75, 3.05) is 0 Å². The van der Waals surface area contributed by atoms with Crippen molar-refractivity contribution in [3.05, 3.63) is 29.3 Å². The molecule has 1 aliphatic carbocycles. The van der Waals surface area contributed by atoms with E-state index in [1.54, 1.807) is 6.07 Å². The molecular weight excluding hydrogens is 210 g/mol. The highest BCUT2D eigenvalue weighted by atomic mass is 16.5. The van der Waals surface area contributed by atoms with Crippen molar-refractivity contribution < 1.29 is 19.4 Å². The maximum atomic E-state index is 11.1. The van der Waals surface area contributed by atoms with Gasteiger partial charge < -0.3 is 15.6 Å². The van der Waals surface area contributed by atoms with Crippen LogP contribution in [0.25, 0.3) is 0 Å². The molecule has 1 aromatic carbocycles. The van der Waals surface area contributed by atoms with Gasteiger partial charge in [0.05, 0.1) is 11.7 Å². The topological polar surface area (TPSA) is 89.6 Å². The van der Waals surface area contributed by atoms with Crippen molar-refractivity contribution in [3.63, 3.8) is 0 Å². The Morgan fingerprint density at radius 1 is 1.38 bits per heavy atom. The molecule has 1 aliphatic rings. The number of rotatable bonds is 4. The van der Waals surface area contributed by atoms with Crippen molar-refractivity contribution in [2.45, 2.75) is 18.9 Å². The number of amides is 1. The Kier molecular flexibility index (Phi) is 2.52. The lowest BCUT2D eigenvalue weighted by Gasteiger charge is -2.10. The van der Waals surface area contributed by atoms with Crippen LogP contribution >= 0.6 is 0 Å². The Morgan fingerprint density at radius 2 is 2.06 bits per heavy atom. The van der Waals surface area contributed by atoms with Gasteiger partial charge in [-0.05, 0) is 25.0 Å². The normalized spacial score (nSPS) is 14.5. The SMILES string of the molecule is NC(=O)c1cccc(OC2CC2)c1C(=O)O. The van der Waals surface area contributed by atoms with Crippen LogP contribution in [0.2, 0.25) is 0 Å². The summed E-state index contributed by atoms with van der Waals surface area (Å²) < 4.78 is 5.42. The minimum absolute atomic E-state index is 0.0225. The fourth-order valence-corrected chi connectivity index (χ4v) is 1.42. The first-order chi connectivity index (χ1) is 7.59. The number of nitrogens with two attached hydrogens (primary N) is 1. The molecule has 2 rings (SSSR count). The van der Waals surface area contributed by atoms with E-state index in [0.717, 1.165) is 12.8 Å². The molecule has 1 aromatic rings. The summed E-state index contributed by atoms with van der Waals surface area (Å²) in [4.78, 5) is 22.1. The van der Waals surface area contributed by atoms with Gasteiger partial charge in [-0.15, -0.1) is 0 Å². The number of primary amides is 1. The highest BCUT2D eigenvalue weighted by molar-refractivity contribution is 6.05. The summed E-state index contributed by atoms with van der Waals surface area (Å²) in [6.07, 6.45) is 1.90. The Morgan fingerprint density at radius 3 is 2.56 bits per heavy atom. The molecule has 5 nitrogen and oxygen atoms in total. The fourth-order valence-electron chi connectivity index (χ4n) is 1.42. The molecule has 1 saturated carbocycles. The number of aromatic carboxylic acids is 1. The lowest BCUT2D eigenvalue weighted by molar-refractivity contribution is 0.0686. The van der Waals surface area contributed by atoms with E-state index in [4.69, 9.17) is 15.6 Å². The van der Waals surface area contributed by atoms with Crippen LogP contribution in [0.4, 0.5) is 0 Å². The molecule has 0 saturated heterocycles. The van der Waals surface area contributed by atoms with Crippen molar-refractivity contribution >= 4 is 11.9 Å². The molecule has 0 radical (unpaired) electrons. The lowest BCUT2D eigenvalue weighted by atomic mass is 10.1. The third kappa shape index (κ3) is 1.98. The van der Waals surface area contributed by atoms with Crippen LogP contribution in [0.5, 0.6) is 5.75 Å². The highest BCUT2D eigenvalue weighted by Gasteiger charge is 2.27. The molecule has 3 N–H and O–H groups in total. The smallest absolute Gasteiger partial charge is 0.340 e. The lowest BCUT2D eigenvalue weighted by Crippen LogP contribution is -2.17. The average molecular weight is 221 g/mol. The second kappa shape index (κ2) is 3.84. The van der Waals surface area contributed by atoms with Crippen LogP contribution in [0.3, 0.4) is 0 Å². The van der Waals surface area contributed by atoms with Gasteiger partial charge in [-0.1, -0.05) is 6.07 Å². The van der Waals surface area contributed by atoms with E-state index in [0.29, 0.717) is 0 Å². The number of hydrogen-bond donors (Lipinski definition) is 2. The molecule has 1 amide bonds. The summed E-state index contributed by atoms with van der Waals surface area (Å²) in [5.41, 5.74) is 4.94. The average Bonchev–Trinajstić information content (AvgIpc) is 3.00. The van der Waals surface area contributed by atoms with Gasteiger partial charge in [0, 0.05) is 0 Å². The molecule has 0 heterocycles. The van der Waals surface area contributed by atoms with Gasteiger partial charge >= 0.3 is 5.97 Å². The molecule has 0 unspecified atom stereocenters. The molecule has 0 aromatic heterocycles. The summed E-state index contributed by atoms with van der Waals surface area (Å²) >= 11 is 0. The minimum atomic E-state index is -1.20. The molecule has 5 heteroatoms. The predicted molar refractivity (Wildman–Crippen MR) is 55.6 cm³/mol. The third-order valence-electron chi connectivity index (χ3n) is 2.32. The first-order valence-electron chi connectivity index (χ1n) is 4.92. The van der Waals surface area contributed by atoms with Gasteiger partial charge in [0.1, 0.15) is 11.3 Å². The van der Waals surface area contributed by atoms with Gasteiger partial charge in [0.15, 0.2) is 0 Å². The van der Waals surface area contributed by atoms with Crippen LogP contribution in [0.15, 0.2) is 18.2 Å². The minimum Gasteiger partial charge on any atom is -0.489 e. The molecule has 0 bridgehead atoms. The summed E-state index contributed by atoms with van der Waals surface area (Å²) in [7, 11) is 0. The van der Waals surface area contributed by atoms with Crippen LogP contribution in [-0.4, -0.2) is 23.1 Å². The summed E-state index contributed by atoms with van der Waals surface area (Å²) in [5.74, 6) is -1.75. The zero-order valence-electron chi connectivity index (χ0n) is 8.47. The van der Waals surface area contributed by atoms with Gasteiger partial charge in [0.2, 0.25) is 5.91 Å². The quantitative estimate of drug-likeness (QED) is 0.794.